The van der Waals surface area contributed by atoms with E-state index >= 15 is 0 Å². The Morgan fingerprint density at radius 3 is 2.35 bits per heavy atom. The highest BCUT2D eigenvalue weighted by atomic mass is 35.5. The van der Waals surface area contributed by atoms with Crippen molar-refractivity contribution in [1.82, 2.24) is 0 Å². The fourth-order valence-electron chi connectivity index (χ4n) is 2.08. The van der Waals surface area contributed by atoms with Gasteiger partial charge in [-0.05, 0) is 36.2 Å². The Hall–Kier alpha value is -1.58. The van der Waals surface area contributed by atoms with E-state index in [0.717, 1.165) is 11.3 Å². The number of hydrogen-bond acceptors (Lipinski definition) is 2. The molecule has 0 aromatic heterocycles. The lowest BCUT2D eigenvalue weighted by Crippen LogP contribution is -2.15. The third kappa shape index (κ3) is 3.30. The lowest BCUT2D eigenvalue weighted by atomic mass is 9.99. The summed E-state index contributed by atoms with van der Waals surface area (Å²) in [5.74, 6) is -0.308. The Labute approximate surface area is 124 Å². The standard InChI is InChI=1S/C16H18ClFN2/c1-20(2)12-8-6-11(7-9-12)16(19)10-13-14(17)4-3-5-15(13)18/h3-9,16H,10,19H2,1-2H3. The molecule has 0 bridgehead atoms. The molecule has 0 heterocycles. The van der Waals surface area contributed by atoms with Crippen molar-refractivity contribution in [3.63, 3.8) is 0 Å². The van der Waals surface area contributed by atoms with Crippen LogP contribution in [0.1, 0.15) is 17.2 Å². The molecule has 1 atom stereocenters. The summed E-state index contributed by atoms with van der Waals surface area (Å²) in [4.78, 5) is 2.02. The van der Waals surface area contributed by atoms with Gasteiger partial charge in [-0.25, -0.2) is 4.39 Å². The van der Waals surface area contributed by atoms with Crippen LogP contribution in [0.4, 0.5) is 10.1 Å². The van der Waals surface area contributed by atoms with Crippen LogP contribution in [0.15, 0.2) is 42.5 Å². The Kier molecular flexibility index (Phi) is 4.63. The molecule has 2 aromatic carbocycles. The lowest BCUT2D eigenvalue weighted by Gasteiger charge is -2.16. The van der Waals surface area contributed by atoms with E-state index < -0.39 is 0 Å². The maximum atomic E-state index is 13.7. The highest BCUT2D eigenvalue weighted by molar-refractivity contribution is 6.31. The molecule has 2 rings (SSSR count). The van der Waals surface area contributed by atoms with Gasteiger partial charge in [0.1, 0.15) is 5.82 Å². The van der Waals surface area contributed by atoms with Crippen molar-refractivity contribution in [2.75, 3.05) is 19.0 Å². The third-order valence-electron chi connectivity index (χ3n) is 3.32. The smallest absolute Gasteiger partial charge is 0.127 e. The van der Waals surface area contributed by atoms with Crippen molar-refractivity contribution < 1.29 is 4.39 Å². The summed E-state index contributed by atoms with van der Waals surface area (Å²) in [7, 11) is 3.96. The average molecular weight is 293 g/mol. The van der Waals surface area contributed by atoms with Gasteiger partial charge in [-0.2, -0.15) is 0 Å². The number of rotatable bonds is 4. The molecule has 0 amide bonds. The van der Waals surface area contributed by atoms with Crippen LogP contribution in [0.3, 0.4) is 0 Å². The second kappa shape index (κ2) is 6.25. The minimum atomic E-state index is -0.308. The number of benzene rings is 2. The number of halogens is 2. The van der Waals surface area contributed by atoms with Crippen LogP contribution in [-0.2, 0) is 6.42 Å². The predicted octanol–water partition coefficient (Wildman–Crippen LogP) is 3.79. The molecular weight excluding hydrogens is 275 g/mol. The van der Waals surface area contributed by atoms with E-state index in [2.05, 4.69) is 0 Å². The zero-order valence-corrected chi connectivity index (χ0v) is 12.4. The monoisotopic (exact) mass is 292 g/mol. The Morgan fingerprint density at radius 1 is 1.15 bits per heavy atom. The molecule has 0 fully saturated rings. The van der Waals surface area contributed by atoms with Gasteiger partial charge in [-0.1, -0.05) is 29.8 Å². The SMILES string of the molecule is CN(C)c1ccc(C(N)Cc2c(F)cccc2Cl)cc1. The van der Waals surface area contributed by atoms with Gasteiger partial charge in [0.15, 0.2) is 0 Å². The van der Waals surface area contributed by atoms with Crippen LogP contribution in [0.25, 0.3) is 0 Å². The summed E-state index contributed by atoms with van der Waals surface area (Å²) in [5, 5.41) is 0.422. The summed E-state index contributed by atoms with van der Waals surface area (Å²) in [6.07, 6.45) is 0.382. The molecule has 2 N–H and O–H groups in total. The van der Waals surface area contributed by atoms with Crippen molar-refractivity contribution in [2.24, 2.45) is 5.73 Å². The van der Waals surface area contributed by atoms with E-state index in [-0.39, 0.29) is 11.9 Å². The number of anilines is 1. The van der Waals surface area contributed by atoms with Crippen LogP contribution >= 0.6 is 11.6 Å². The quantitative estimate of drug-likeness (QED) is 0.929. The molecular formula is C16H18ClFN2. The van der Waals surface area contributed by atoms with Crippen LogP contribution in [0.2, 0.25) is 5.02 Å². The first-order valence-corrected chi connectivity index (χ1v) is 6.82. The van der Waals surface area contributed by atoms with Gasteiger partial charge in [0.25, 0.3) is 0 Å². The molecule has 1 unspecified atom stereocenters. The first-order chi connectivity index (χ1) is 9.49. The Bertz CT molecular complexity index is 561. The third-order valence-corrected chi connectivity index (χ3v) is 3.68. The van der Waals surface area contributed by atoms with Crippen LogP contribution in [-0.4, -0.2) is 14.1 Å². The van der Waals surface area contributed by atoms with Crippen LogP contribution in [0, 0.1) is 5.82 Å². The van der Waals surface area contributed by atoms with E-state index in [0.29, 0.717) is 17.0 Å². The fourth-order valence-corrected chi connectivity index (χ4v) is 2.32. The van der Waals surface area contributed by atoms with Gasteiger partial charge in [-0.3, -0.25) is 0 Å². The minimum Gasteiger partial charge on any atom is -0.378 e. The van der Waals surface area contributed by atoms with Crippen molar-refractivity contribution in [2.45, 2.75) is 12.5 Å². The predicted molar refractivity (Wildman–Crippen MR) is 82.8 cm³/mol. The maximum absolute atomic E-state index is 13.7. The maximum Gasteiger partial charge on any atom is 0.127 e. The zero-order chi connectivity index (χ0) is 14.7. The summed E-state index contributed by atoms with van der Waals surface area (Å²) >= 11 is 6.03. The molecule has 0 spiro atoms. The second-order valence-corrected chi connectivity index (χ2v) is 5.40. The van der Waals surface area contributed by atoms with Gasteiger partial charge in [0.2, 0.25) is 0 Å². The van der Waals surface area contributed by atoms with E-state index in [9.17, 15) is 4.39 Å². The summed E-state index contributed by atoms with van der Waals surface area (Å²) in [6, 6.07) is 12.3. The molecule has 0 saturated heterocycles. The molecule has 106 valence electrons. The Morgan fingerprint density at radius 2 is 1.80 bits per heavy atom. The summed E-state index contributed by atoms with van der Waals surface area (Å²) < 4.78 is 13.7. The van der Waals surface area contributed by atoms with Gasteiger partial charge >= 0.3 is 0 Å². The van der Waals surface area contributed by atoms with Gasteiger partial charge in [0, 0.05) is 36.4 Å². The van der Waals surface area contributed by atoms with E-state index in [1.165, 1.54) is 6.07 Å². The van der Waals surface area contributed by atoms with Gasteiger partial charge < -0.3 is 10.6 Å². The molecule has 0 aliphatic carbocycles. The van der Waals surface area contributed by atoms with E-state index in [4.69, 9.17) is 17.3 Å². The van der Waals surface area contributed by atoms with Crippen molar-refractivity contribution in [3.8, 4) is 0 Å². The first-order valence-electron chi connectivity index (χ1n) is 6.45. The molecule has 0 aliphatic heterocycles. The first kappa shape index (κ1) is 14.8. The normalized spacial score (nSPS) is 12.2. The molecule has 2 aromatic rings. The van der Waals surface area contributed by atoms with Crippen LogP contribution in [0.5, 0.6) is 0 Å². The van der Waals surface area contributed by atoms with Crippen molar-refractivity contribution in [1.29, 1.82) is 0 Å². The molecule has 4 heteroatoms. The Balaban J connectivity index is 2.17. The second-order valence-electron chi connectivity index (χ2n) is 5.00. The molecule has 20 heavy (non-hydrogen) atoms. The summed E-state index contributed by atoms with van der Waals surface area (Å²) in [5.41, 5.74) is 8.69. The number of nitrogens with two attached hydrogens (primary N) is 1. The topological polar surface area (TPSA) is 29.3 Å². The largest absolute Gasteiger partial charge is 0.378 e. The molecule has 0 saturated carbocycles. The molecule has 0 aliphatic rings. The summed E-state index contributed by atoms with van der Waals surface area (Å²) in [6.45, 7) is 0. The highest BCUT2D eigenvalue weighted by Crippen LogP contribution is 2.25. The van der Waals surface area contributed by atoms with E-state index in [1.807, 2.05) is 43.3 Å². The zero-order valence-electron chi connectivity index (χ0n) is 11.6. The van der Waals surface area contributed by atoms with Crippen molar-refractivity contribution in [3.05, 3.63) is 64.4 Å². The van der Waals surface area contributed by atoms with Crippen LogP contribution < -0.4 is 10.6 Å². The minimum absolute atomic E-state index is 0.277. The lowest BCUT2D eigenvalue weighted by molar-refractivity contribution is 0.593. The molecule has 2 nitrogen and oxygen atoms in total. The molecule has 0 radical (unpaired) electrons. The van der Waals surface area contributed by atoms with E-state index in [1.54, 1.807) is 12.1 Å². The van der Waals surface area contributed by atoms with Gasteiger partial charge in [-0.15, -0.1) is 0 Å². The average Bonchev–Trinajstić information content (AvgIpc) is 2.43. The van der Waals surface area contributed by atoms with Crippen molar-refractivity contribution >= 4 is 17.3 Å². The number of hydrogen-bond donors (Lipinski definition) is 1. The fraction of sp³-hybridized carbons (Fsp3) is 0.250. The highest BCUT2D eigenvalue weighted by Gasteiger charge is 2.13. The number of nitrogens with zero attached hydrogens (tertiary/aromatic N) is 1. The van der Waals surface area contributed by atoms with Gasteiger partial charge in [0.05, 0.1) is 0 Å².